The van der Waals surface area contributed by atoms with Crippen molar-refractivity contribution in [3.05, 3.63) is 41.3 Å². The van der Waals surface area contributed by atoms with Crippen LogP contribution < -0.4 is 0 Å². The predicted molar refractivity (Wildman–Crippen MR) is 102 cm³/mol. The number of aliphatic hydroxyl groups excluding tert-OH is 1. The molecule has 1 aromatic heterocycles. The first kappa shape index (κ1) is 18.3. The van der Waals surface area contributed by atoms with E-state index in [-0.39, 0.29) is 24.4 Å². The summed E-state index contributed by atoms with van der Waals surface area (Å²) in [7, 11) is 0. The Bertz CT molecular complexity index is 853. The lowest BCUT2D eigenvalue weighted by atomic mass is 10.0. The second-order valence-electron chi connectivity index (χ2n) is 7.83. The van der Waals surface area contributed by atoms with Gasteiger partial charge < -0.3 is 10.0 Å². The molecule has 0 radical (unpaired) electrons. The fraction of sp³-hybridized carbons (Fsp3) is 0.524. The number of nitrogens with zero attached hydrogens (tertiary/aromatic N) is 3. The van der Waals surface area contributed by atoms with E-state index in [1.807, 2.05) is 11.8 Å². The Morgan fingerprint density at radius 2 is 2.11 bits per heavy atom. The van der Waals surface area contributed by atoms with E-state index in [1.165, 1.54) is 25.0 Å². The van der Waals surface area contributed by atoms with Gasteiger partial charge in [0, 0.05) is 49.9 Å². The van der Waals surface area contributed by atoms with Gasteiger partial charge in [-0.2, -0.15) is 0 Å². The largest absolute Gasteiger partial charge is 0.396 e. The van der Waals surface area contributed by atoms with Crippen molar-refractivity contribution in [1.82, 2.24) is 14.8 Å². The molecule has 1 unspecified atom stereocenters. The van der Waals surface area contributed by atoms with Crippen molar-refractivity contribution in [2.24, 2.45) is 5.92 Å². The van der Waals surface area contributed by atoms with Crippen LogP contribution in [0.15, 0.2) is 24.3 Å². The zero-order valence-electron chi connectivity index (χ0n) is 15.7. The van der Waals surface area contributed by atoms with Gasteiger partial charge in [-0.1, -0.05) is 0 Å². The molecule has 1 aliphatic heterocycles. The van der Waals surface area contributed by atoms with E-state index in [1.54, 1.807) is 12.1 Å². The lowest BCUT2D eigenvalue weighted by molar-refractivity contribution is 0.0408. The highest BCUT2D eigenvalue weighted by Gasteiger charge is 2.33. The first-order chi connectivity index (χ1) is 13.0. The summed E-state index contributed by atoms with van der Waals surface area (Å²) in [6, 6.07) is 6.32. The van der Waals surface area contributed by atoms with Crippen LogP contribution in [0.5, 0.6) is 0 Å². The van der Waals surface area contributed by atoms with Gasteiger partial charge in [-0.15, -0.1) is 0 Å². The summed E-state index contributed by atoms with van der Waals surface area (Å²) in [5.74, 6) is 0.336. The Labute approximate surface area is 158 Å². The lowest BCUT2D eigenvalue weighted by Crippen LogP contribution is -2.55. The topological polar surface area (TPSA) is 56.7 Å². The molecular weight excluding hydrogens is 345 g/mol. The van der Waals surface area contributed by atoms with E-state index in [0.717, 1.165) is 24.7 Å². The van der Waals surface area contributed by atoms with Gasteiger partial charge in [0.25, 0.3) is 5.91 Å². The molecule has 1 aromatic carbocycles. The third kappa shape index (κ3) is 3.96. The molecule has 27 heavy (non-hydrogen) atoms. The number of aliphatic hydroxyl groups is 1. The number of carbonyl (C=O) groups excluding carboxylic acids is 1. The predicted octanol–water partition coefficient (Wildman–Crippen LogP) is 2.60. The minimum absolute atomic E-state index is 0.0786. The van der Waals surface area contributed by atoms with Gasteiger partial charge in [-0.25, -0.2) is 4.39 Å². The van der Waals surface area contributed by atoms with Crippen LogP contribution in [-0.4, -0.2) is 64.6 Å². The monoisotopic (exact) mass is 371 g/mol. The smallest absolute Gasteiger partial charge is 0.254 e. The Hall–Kier alpha value is -2.05. The number of aromatic nitrogens is 1. The summed E-state index contributed by atoms with van der Waals surface area (Å²) in [6.45, 7) is 5.12. The van der Waals surface area contributed by atoms with Crippen molar-refractivity contribution in [3.8, 4) is 0 Å². The van der Waals surface area contributed by atoms with Crippen molar-refractivity contribution < 1.29 is 14.3 Å². The van der Waals surface area contributed by atoms with E-state index >= 15 is 0 Å². The van der Waals surface area contributed by atoms with E-state index < -0.39 is 0 Å². The maximum atomic E-state index is 13.8. The summed E-state index contributed by atoms with van der Waals surface area (Å²) in [6.07, 6.45) is 3.25. The maximum Gasteiger partial charge on any atom is 0.254 e. The SMILES string of the molecule is Cc1cc(C(=O)N2CCN(CC3CC3)C(CCO)C2)c2cc(F)ccc2n1. The number of fused-ring (bicyclic) bond motifs is 1. The third-order valence-corrected chi connectivity index (χ3v) is 5.67. The van der Waals surface area contributed by atoms with Crippen molar-refractivity contribution in [3.63, 3.8) is 0 Å². The highest BCUT2D eigenvalue weighted by Crippen LogP contribution is 2.31. The number of pyridine rings is 1. The molecule has 1 atom stereocenters. The number of aryl methyl sites for hydroxylation is 1. The molecule has 1 saturated heterocycles. The van der Waals surface area contributed by atoms with Gasteiger partial charge in [-0.3, -0.25) is 14.7 Å². The van der Waals surface area contributed by atoms with Gasteiger partial charge in [0.15, 0.2) is 0 Å². The van der Waals surface area contributed by atoms with Crippen molar-refractivity contribution in [2.75, 3.05) is 32.8 Å². The number of hydrogen-bond acceptors (Lipinski definition) is 4. The minimum atomic E-state index is -0.366. The van der Waals surface area contributed by atoms with E-state index in [4.69, 9.17) is 0 Å². The average Bonchev–Trinajstić information content (AvgIpc) is 3.46. The van der Waals surface area contributed by atoms with E-state index in [0.29, 0.717) is 36.0 Å². The fourth-order valence-electron chi connectivity index (χ4n) is 4.05. The van der Waals surface area contributed by atoms with Gasteiger partial charge in [0.1, 0.15) is 5.82 Å². The number of rotatable bonds is 5. The average molecular weight is 371 g/mol. The first-order valence-electron chi connectivity index (χ1n) is 9.76. The van der Waals surface area contributed by atoms with E-state index in [2.05, 4.69) is 9.88 Å². The summed E-state index contributed by atoms with van der Waals surface area (Å²) in [5, 5.41) is 10.0. The molecule has 1 amide bonds. The molecule has 5 nitrogen and oxygen atoms in total. The second-order valence-corrected chi connectivity index (χ2v) is 7.83. The molecule has 2 heterocycles. The van der Waals surface area contributed by atoms with Crippen LogP contribution in [0, 0.1) is 18.7 Å². The van der Waals surface area contributed by atoms with Crippen molar-refractivity contribution >= 4 is 16.8 Å². The first-order valence-corrected chi connectivity index (χ1v) is 9.76. The number of halogens is 1. The van der Waals surface area contributed by atoms with Gasteiger partial charge in [-0.05, 0) is 56.4 Å². The highest BCUT2D eigenvalue weighted by molar-refractivity contribution is 6.06. The number of benzene rings is 1. The number of piperazine rings is 1. The summed E-state index contributed by atoms with van der Waals surface area (Å²) in [5.41, 5.74) is 1.89. The second kappa shape index (κ2) is 7.52. The van der Waals surface area contributed by atoms with Crippen LogP contribution in [0.2, 0.25) is 0 Å². The normalized spacial score (nSPS) is 21.0. The van der Waals surface area contributed by atoms with Gasteiger partial charge in [0.05, 0.1) is 11.1 Å². The standard InChI is InChI=1S/C21H26FN3O2/c1-14-10-19(18-11-16(22)4-5-20(18)23-14)21(27)25-8-7-24(12-15-2-3-15)17(13-25)6-9-26/h4-5,10-11,15,17,26H,2-3,6-9,12-13H2,1H3. The molecule has 1 N–H and O–H groups in total. The van der Waals surface area contributed by atoms with Crippen molar-refractivity contribution in [1.29, 1.82) is 0 Å². The summed E-state index contributed by atoms with van der Waals surface area (Å²) >= 11 is 0. The third-order valence-electron chi connectivity index (χ3n) is 5.67. The molecule has 2 fully saturated rings. The number of hydrogen-bond donors (Lipinski definition) is 1. The Kier molecular flexibility index (Phi) is 5.10. The fourth-order valence-corrected chi connectivity index (χ4v) is 4.05. The zero-order valence-corrected chi connectivity index (χ0v) is 15.7. The summed E-state index contributed by atoms with van der Waals surface area (Å²) < 4.78 is 13.8. The quantitative estimate of drug-likeness (QED) is 0.878. The van der Waals surface area contributed by atoms with Crippen LogP contribution in [0.4, 0.5) is 4.39 Å². The van der Waals surface area contributed by atoms with Crippen LogP contribution in [-0.2, 0) is 0 Å². The minimum Gasteiger partial charge on any atom is -0.396 e. The Morgan fingerprint density at radius 1 is 1.30 bits per heavy atom. The van der Waals surface area contributed by atoms with Gasteiger partial charge in [0.2, 0.25) is 0 Å². The number of amides is 1. The molecule has 6 heteroatoms. The Morgan fingerprint density at radius 3 is 2.85 bits per heavy atom. The molecule has 1 aliphatic carbocycles. The van der Waals surface area contributed by atoms with Crippen molar-refractivity contribution in [2.45, 2.75) is 32.2 Å². The van der Waals surface area contributed by atoms with Crippen LogP contribution >= 0.6 is 0 Å². The maximum absolute atomic E-state index is 13.8. The van der Waals surface area contributed by atoms with Crippen LogP contribution in [0.25, 0.3) is 10.9 Å². The van der Waals surface area contributed by atoms with E-state index in [9.17, 15) is 14.3 Å². The highest BCUT2D eigenvalue weighted by atomic mass is 19.1. The van der Waals surface area contributed by atoms with Gasteiger partial charge >= 0.3 is 0 Å². The lowest BCUT2D eigenvalue weighted by Gasteiger charge is -2.41. The molecule has 1 saturated carbocycles. The molecule has 144 valence electrons. The Balaban J connectivity index is 1.59. The molecular formula is C21H26FN3O2. The molecule has 4 rings (SSSR count). The number of carbonyl (C=O) groups is 1. The molecule has 0 spiro atoms. The molecule has 2 aromatic rings. The molecule has 2 aliphatic rings. The van der Waals surface area contributed by atoms with Crippen LogP contribution in [0.3, 0.4) is 0 Å². The summed E-state index contributed by atoms with van der Waals surface area (Å²) in [4.78, 5) is 22.0. The van der Waals surface area contributed by atoms with Crippen LogP contribution in [0.1, 0.15) is 35.3 Å². The molecule has 0 bridgehead atoms. The zero-order chi connectivity index (χ0) is 19.0.